The number of anilines is 2. The Kier molecular flexibility index (Phi) is 4.57. The fourth-order valence-electron chi connectivity index (χ4n) is 3.93. The molecule has 1 aromatic heterocycles. The average molecular weight is 344 g/mol. The van der Waals surface area contributed by atoms with E-state index in [1.807, 2.05) is 11.0 Å². The molecule has 0 spiro atoms. The van der Waals surface area contributed by atoms with Crippen molar-refractivity contribution in [2.45, 2.75) is 38.1 Å². The third-order valence-electron chi connectivity index (χ3n) is 5.40. The molecule has 1 atom stereocenters. The number of hydrogen-bond acceptors (Lipinski definition) is 4. The van der Waals surface area contributed by atoms with Crippen molar-refractivity contribution in [2.24, 2.45) is 5.92 Å². The van der Waals surface area contributed by atoms with E-state index in [9.17, 15) is 9.59 Å². The van der Waals surface area contributed by atoms with Crippen LogP contribution in [-0.2, 0) is 9.53 Å². The maximum atomic E-state index is 12.7. The number of carbonyl (C=O) groups is 2. The first-order valence-electron chi connectivity index (χ1n) is 9.15. The van der Waals surface area contributed by atoms with Crippen LogP contribution in [0.3, 0.4) is 0 Å². The van der Waals surface area contributed by atoms with Crippen LogP contribution < -0.4 is 10.2 Å². The Morgan fingerprint density at radius 3 is 2.72 bits per heavy atom. The number of rotatable bonds is 4. The minimum atomic E-state index is -0.0835. The summed E-state index contributed by atoms with van der Waals surface area (Å²) in [6, 6.07) is 4.06. The number of amides is 3. The Bertz CT molecular complexity index is 636. The van der Waals surface area contributed by atoms with Crippen molar-refractivity contribution < 1.29 is 14.3 Å². The molecule has 7 nitrogen and oxygen atoms in total. The average Bonchev–Trinajstić information content (AvgIpc) is 3.37. The van der Waals surface area contributed by atoms with Gasteiger partial charge in [0.2, 0.25) is 5.91 Å². The van der Waals surface area contributed by atoms with E-state index in [-0.39, 0.29) is 17.9 Å². The van der Waals surface area contributed by atoms with Crippen LogP contribution in [0.1, 0.15) is 32.1 Å². The number of urea groups is 1. The van der Waals surface area contributed by atoms with Gasteiger partial charge in [-0.2, -0.15) is 0 Å². The molecule has 1 N–H and O–H groups in total. The lowest BCUT2D eigenvalue weighted by molar-refractivity contribution is -0.119. The monoisotopic (exact) mass is 344 g/mol. The van der Waals surface area contributed by atoms with Gasteiger partial charge in [0.05, 0.1) is 24.4 Å². The van der Waals surface area contributed by atoms with Gasteiger partial charge in [0, 0.05) is 25.7 Å². The number of pyridine rings is 1. The van der Waals surface area contributed by atoms with Crippen molar-refractivity contribution in [3.05, 3.63) is 18.3 Å². The minimum Gasteiger partial charge on any atom is -0.381 e. The lowest BCUT2D eigenvalue weighted by atomic mass is 10.1. The molecule has 0 unspecified atom stereocenters. The van der Waals surface area contributed by atoms with Crippen LogP contribution in [0.15, 0.2) is 18.3 Å². The number of nitrogens with zero attached hydrogens (tertiary/aromatic N) is 3. The van der Waals surface area contributed by atoms with Gasteiger partial charge in [-0.3, -0.25) is 9.69 Å². The van der Waals surface area contributed by atoms with E-state index in [0.717, 1.165) is 25.8 Å². The topological polar surface area (TPSA) is 74.8 Å². The first-order chi connectivity index (χ1) is 12.2. The Labute approximate surface area is 147 Å². The highest BCUT2D eigenvalue weighted by atomic mass is 16.5. The number of nitrogens with one attached hydrogen (secondary N) is 1. The normalized spacial score (nSPS) is 24.3. The van der Waals surface area contributed by atoms with Crippen LogP contribution in [0.4, 0.5) is 16.3 Å². The molecule has 0 aromatic carbocycles. The maximum Gasteiger partial charge on any atom is 0.326 e. The van der Waals surface area contributed by atoms with Crippen molar-refractivity contribution in [1.29, 1.82) is 0 Å². The Balaban J connectivity index is 1.38. The summed E-state index contributed by atoms with van der Waals surface area (Å²) in [5, 5.41) is 2.87. The summed E-state index contributed by atoms with van der Waals surface area (Å²) in [5.74, 6) is 0.532. The highest BCUT2D eigenvalue weighted by molar-refractivity contribution is 5.94. The third-order valence-corrected chi connectivity index (χ3v) is 5.40. The zero-order chi connectivity index (χ0) is 17.2. The summed E-state index contributed by atoms with van der Waals surface area (Å²) in [7, 11) is 0. The highest BCUT2D eigenvalue weighted by Crippen LogP contribution is 2.28. The lowest BCUT2D eigenvalue weighted by Gasteiger charge is -2.23. The standard InChI is InChI=1S/C18H24N4O3/c23-17(13-7-10-25-12-13)20-14-5-6-16(19-11-14)22-9-8-21(18(22)24)15-3-1-2-4-15/h5-6,11,13,15H,1-4,7-10,12H2,(H,20,23)/t13-/m1/s1. The predicted molar refractivity (Wildman–Crippen MR) is 93.5 cm³/mol. The SMILES string of the molecule is O=C(Nc1ccc(N2CCN(C3CCCC3)C2=O)nc1)[C@@H]1CCOC1. The van der Waals surface area contributed by atoms with E-state index in [2.05, 4.69) is 10.3 Å². The van der Waals surface area contributed by atoms with Crippen molar-refractivity contribution in [1.82, 2.24) is 9.88 Å². The third kappa shape index (κ3) is 3.33. The van der Waals surface area contributed by atoms with Crippen LogP contribution in [-0.4, -0.2) is 54.2 Å². The van der Waals surface area contributed by atoms with Gasteiger partial charge in [0.25, 0.3) is 0 Å². The number of aromatic nitrogens is 1. The van der Waals surface area contributed by atoms with Crippen LogP contribution in [0.2, 0.25) is 0 Å². The first kappa shape index (κ1) is 16.3. The molecular formula is C18H24N4O3. The van der Waals surface area contributed by atoms with Gasteiger partial charge in [0.15, 0.2) is 0 Å². The lowest BCUT2D eigenvalue weighted by Crippen LogP contribution is -2.38. The molecule has 25 heavy (non-hydrogen) atoms. The fourth-order valence-corrected chi connectivity index (χ4v) is 3.93. The Hall–Kier alpha value is -2.15. The van der Waals surface area contributed by atoms with Gasteiger partial charge in [-0.25, -0.2) is 9.78 Å². The maximum absolute atomic E-state index is 12.7. The molecule has 0 bridgehead atoms. The molecule has 3 heterocycles. The quantitative estimate of drug-likeness (QED) is 0.909. The van der Waals surface area contributed by atoms with Crippen LogP contribution in [0.5, 0.6) is 0 Å². The summed E-state index contributed by atoms with van der Waals surface area (Å²) in [6.45, 7) is 2.57. The van der Waals surface area contributed by atoms with Crippen molar-refractivity contribution in [3.8, 4) is 0 Å². The molecule has 4 rings (SSSR count). The Morgan fingerprint density at radius 2 is 2.04 bits per heavy atom. The zero-order valence-electron chi connectivity index (χ0n) is 14.3. The molecule has 7 heteroatoms. The number of carbonyl (C=O) groups excluding carboxylic acids is 2. The smallest absolute Gasteiger partial charge is 0.326 e. The second kappa shape index (κ2) is 7.00. The predicted octanol–water partition coefficient (Wildman–Crippen LogP) is 2.24. The van der Waals surface area contributed by atoms with Gasteiger partial charge in [0.1, 0.15) is 5.82 Å². The summed E-state index contributed by atoms with van der Waals surface area (Å²) in [4.78, 5) is 32.9. The van der Waals surface area contributed by atoms with E-state index >= 15 is 0 Å². The summed E-state index contributed by atoms with van der Waals surface area (Å²) in [6.07, 6.45) is 7.04. The van der Waals surface area contributed by atoms with Gasteiger partial charge < -0.3 is 15.0 Å². The van der Waals surface area contributed by atoms with Crippen LogP contribution in [0.25, 0.3) is 0 Å². The summed E-state index contributed by atoms with van der Waals surface area (Å²) < 4.78 is 5.24. The van der Waals surface area contributed by atoms with Crippen molar-refractivity contribution in [3.63, 3.8) is 0 Å². The molecule has 3 fully saturated rings. The van der Waals surface area contributed by atoms with Crippen molar-refractivity contribution >= 4 is 23.4 Å². The van der Waals surface area contributed by atoms with Crippen LogP contribution in [0, 0.1) is 5.92 Å². The molecule has 0 radical (unpaired) electrons. The minimum absolute atomic E-state index is 0.0308. The molecule has 1 saturated carbocycles. The first-order valence-corrected chi connectivity index (χ1v) is 9.15. The van der Waals surface area contributed by atoms with Gasteiger partial charge in [-0.1, -0.05) is 12.8 Å². The molecule has 2 saturated heterocycles. The van der Waals surface area contributed by atoms with Gasteiger partial charge >= 0.3 is 6.03 Å². The molecule has 134 valence electrons. The van der Waals surface area contributed by atoms with E-state index in [1.165, 1.54) is 12.8 Å². The second-order valence-electron chi connectivity index (χ2n) is 7.02. The molecule has 3 amide bonds. The summed E-state index contributed by atoms with van der Waals surface area (Å²) >= 11 is 0. The van der Waals surface area contributed by atoms with Crippen LogP contribution >= 0.6 is 0 Å². The zero-order valence-corrected chi connectivity index (χ0v) is 14.3. The number of ether oxygens (including phenoxy) is 1. The summed E-state index contributed by atoms with van der Waals surface area (Å²) in [5.41, 5.74) is 0.653. The highest BCUT2D eigenvalue weighted by Gasteiger charge is 2.36. The van der Waals surface area contributed by atoms with E-state index in [4.69, 9.17) is 4.74 Å². The fraction of sp³-hybridized carbons (Fsp3) is 0.611. The molecule has 2 aliphatic heterocycles. The number of hydrogen-bond donors (Lipinski definition) is 1. The van der Waals surface area contributed by atoms with Gasteiger partial charge in [-0.15, -0.1) is 0 Å². The molecule has 1 aliphatic carbocycles. The van der Waals surface area contributed by atoms with Gasteiger partial charge in [-0.05, 0) is 31.4 Å². The Morgan fingerprint density at radius 1 is 1.20 bits per heavy atom. The van der Waals surface area contributed by atoms with E-state index in [0.29, 0.717) is 37.3 Å². The second-order valence-corrected chi connectivity index (χ2v) is 7.02. The van der Waals surface area contributed by atoms with E-state index in [1.54, 1.807) is 17.2 Å². The molecule has 3 aliphatic rings. The van der Waals surface area contributed by atoms with Crippen molar-refractivity contribution in [2.75, 3.05) is 36.5 Å². The molecular weight excluding hydrogens is 320 g/mol. The largest absolute Gasteiger partial charge is 0.381 e. The van der Waals surface area contributed by atoms with E-state index < -0.39 is 0 Å². The molecule has 1 aromatic rings.